The predicted molar refractivity (Wildman–Crippen MR) is 101 cm³/mol. The first-order valence-electron chi connectivity index (χ1n) is 8.02. The Morgan fingerprint density at radius 2 is 2.07 bits per heavy atom. The summed E-state index contributed by atoms with van der Waals surface area (Å²) in [6.45, 7) is 3.80. The van der Waals surface area contributed by atoms with Crippen molar-refractivity contribution in [1.82, 2.24) is 19.7 Å². The van der Waals surface area contributed by atoms with E-state index in [0.717, 1.165) is 26.9 Å². The van der Waals surface area contributed by atoms with Gasteiger partial charge in [-0.1, -0.05) is 0 Å². The minimum absolute atomic E-state index is 0.0752. The van der Waals surface area contributed by atoms with Gasteiger partial charge < -0.3 is 10.1 Å². The van der Waals surface area contributed by atoms with Crippen LogP contribution in [-0.4, -0.2) is 32.6 Å². The lowest BCUT2D eigenvalue weighted by Gasteiger charge is -2.19. The molecule has 0 aliphatic rings. The van der Waals surface area contributed by atoms with E-state index in [9.17, 15) is 22.8 Å². The fourth-order valence-electron chi connectivity index (χ4n) is 2.08. The number of halogens is 4. The molecule has 0 aliphatic heterocycles. The maximum absolute atomic E-state index is 13.7. The highest BCUT2D eigenvalue weighted by Gasteiger charge is 2.18. The molecule has 7 nitrogen and oxygen atoms in total. The van der Waals surface area contributed by atoms with Crippen LogP contribution in [-0.2, 0) is 17.8 Å². The Hall–Kier alpha value is -2.08. The Bertz CT molecular complexity index is 942. The molecule has 1 amide bonds. The molecule has 0 bridgehead atoms. The number of rotatable bonds is 6. The quantitative estimate of drug-likeness (QED) is 0.680. The van der Waals surface area contributed by atoms with Crippen molar-refractivity contribution in [2.24, 2.45) is 0 Å². The molecule has 0 radical (unpaired) electrons. The van der Waals surface area contributed by atoms with Gasteiger partial charge >= 0.3 is 11.8 Å². The number of carbonyl (C=O) groups is 1. The summed E-state index contributed by atoms with van der Waals surface area (Å²) >= 11 is 4.27. The highest BCUT2D eigenvalue weighted by atomic mass is 79.9. The minimum Gasteiger partial charge on any atom is -0.444 e. The van der Waals surface area contributed by atoms with Gasteiger partial charge in [0.15, 0.2) is 0 Å². The molecule has 2 aromatic rings. The largest absolute Gasteiger partial charge is 0.444 e. The lowest BCUT2D eigenvalue weighted by molar-refractivity contribution is 0.0531. The van der Waals surface area contributed by atoms with Crippen molar-refractivity contribution >= 4 is 33.4 Å². The summed E-state index contributed by atoms with van der Waals surface area (Å²) in [7, 11) is 0. The second-order valence-electron chi connectivity index (χ2n) is 6.74. The van der Waals surface area contributed by atoms with Crippen LogP contribution >= 0.6 is 27.3 Å². The van der Waals surface area contributed by atoms with E-state index in [-0.39, 0.29) is 6.54 Å². The number of hydrogen-bond donors (Lipinski definition) is 1. The van der Waals surface area contributed by atoms with Gasteiger partial charge in [-0.3, -0.25) is 4.57 Å². The van der Waals surface area contributed by atoms with Crippen LogP contribution in [0.15, 0.2) is 32.6 Å². The minimum atomic E-state index is -2.04. The van der Waals surface area contributed by atoms with Gasteiger partial charge in [0.2, 0.25) is 0 Å². The Morgan fingerprint density at radius 1 is 1.39 bits per heavy atom. The van der Waals surface area contributed by atoms with Gasteiger partial charge in [-0.25, -0.2) is 18.7 Å². The molecule has 0 aromatic carbocycles. The number of nitrogens with zero attached hydrogens (tertiary/aromatic N) is 3. The van der Waals surface area contributed by atoms with Crippen LogP contribution in [0, 0.1) is 5.82 Å². The number of carbonyl (C=O) groups excluding carboxylic acids is 1. The van der Waals surface area contributed by atoms with E-state index in [4.69, 9.17) is 4.74 Å². The number of amides is 1. The van der Waals surface area contributed by atoms with Crippen molar-refractivity contribution in [3.05, 3.63) is 49.0 Å². The van der Waals surface area contributed by atoms with E-state index >= 15 is 0 Å². The number of hydrogen-bond acceptors (Lipinski definition) is 5. The fraction of sp³-hybridized carbons (Fsp3) is 0.438. The molecule has 28 heavy (non-hydrogen) atoms. The molecule has 0 aliphatic carbocycles. The van der Waals surface area contributed by atoms with Crippen molar-refractivity contribution in [1.29, 1.82) is 0 Å². The third-order valence-electron chi connectivity index (χ3n) is 3.29. The first kappa shape index (κ1) is 22.2. The topological polar surface area (TPSA) is 78.2 Å². The Balaban J connectivity index is 2.07. The van der Waals surface area contributed by atoms with Crippen LogP contribution < -0.4 is 11.0 Å². The normalized spacial score (nSPS) is 11.4. The van der Waals surface area contributed by atoms with Gasteiger partial charge in [0, 0.05) is 12.1 Å². The van der Waals surface area contributed by atoms with Crippen LogP contribution in [0.3, 0.4) is 0 Å². The first-order chi connectivity index (χ1) is 13.0. The second kappa shape index (κ2) is 8.95. The van der Waals surface area contributed by atoms with Crippen LogP contribution in [0.4, 0.5) is 18.0 Å². The van der Waals surface area contributed by atoms with Crippen LogP contribution in [0.2, 0.25) is 0 Å². The maximum Gasteiger partial charge on any atom is 0.407 e. The molecule has 154 valence electrons. The third kappa shape index (κ3) is 6.23. The first-order valence-corrected chi connectivity index (χ1v) is 9.63. The summed E-state index contributed by atoms with van der Waals surface area (Å²) in [5.41, 5.74) is -1.95. The number of alkyl carbamates (subject to hydrolysis) is 1. The summed E-state index contributed by atoms with van der Waals surface area (Å²) in [6, 6.07) is 1.27. The summed E-state index contributed by atoms with van der Waals surface area (Å²) in [6.07, 6.45) is -1.75. The molecule has 0 fully saturated rings. The molecule has 0 unspecified atom stereocenters. The number of aromatic nitrogens is 3. The number of nitrogens with one attached hydrogen (secondary N) is 1. The summed E-state index contributed by atoms with van der Waals surface area (Å²) < 4.78 is 47.6. The highest BCUT2D eigenvalue weighted by molar-refractivity contribution is 9.11. The second-order valence-corrected chi connectivity index (χ2v) is 9.26. The summed E-state index contributed by atoms with van der Waals surface area (Å²) in [5.74, 6) is -0.478. The van der Waals surface area contributed by atoms with E-state index in [1.165, 1.54) is 6.07 Å². The van der Waals surface area contributed by atoms with Crippen molar-refractivity contribution in [2.75, 3.05) is 6.54 Å². The van der Waals surface area contributed by atoms with Gasteiger partial charge in [0.1, 0.15) is 17.7 Å². The summed E-state index contributed by atoms with van der Waals surface area (Å²) in [4.78, 5) is 24.2. The molecule has 0 saturated heterocycles. The monoisotopic (exact) mass is 482 g/mol. The molecule has 12 heteroatoms. The van der Waals surface area contributed by atoms with Crippen LogP contribution in [0.1, 0.15) is 25.6 Å². The van der Waals surface area contributed by atoms with E-state index in [0.29, 0.717) is 8.66 Å². The van der Waals surface area contributed by atoms with Crippen molar-refractivity contribution in [2.45, 2.75) is 39.5 Å². The van der Waals surface area contributed by atoms with Gasteiger partial charge in [0.25, 0.3) is 6.08 Å². The average molecular weight is 483 g/mol. The number of ether oxygens (including phenoxy) is 1. The van der Waals surface area contributed by atoms with Gasteiger partial charge in [-0.2, -0.15) is 13.9 Å². The third-order valence-corrected chi connectivity index (χ3v) is 4.89. The van der Waals surface area contributed by atoms with Crippen molar-refractivity contribution < 1.29 is 22.7 Å². The molecule has 2 heterocycles. The average Bonchev–Trinajstić information content (AvgIpc) is 3.05. The van der Waals surface area contributed by atoms with E-state index < -0.39 is 47.9 Å². The fourth-order valence-corrected chi connectivity index (χ4v) is 3.63. The Kier molecular flexibility index (Phi) is 7.10. The van der Waals surface area contributed by atoms with Gasteiger partial charge in [0.05, 0.1) is 21.8 Å². The lowest BCUT2D eigenvalue weighted by atomic mass is 10.2. The molecule has 0 atom stereocenters. The highest BCUT2D eigenvalue weighted by Crippen LogP contribution is 2.26. The van der Waals surface area contributed by atoms with E-state index in [2.05, 4.69) is 26.3 Å². The smallest absolute Gasteiger partial charge is 0.407 e. The Morgan fingerprint density at radius 3 is 2.61 bits per heavy atom. The zero-order valence-electron chi connectivity index (χ0n) is 15.3. The molecular formula is C16H18BrF3N4O3S. The van der Waals surface area contributed by atoms with Gasteiger partial charge in [-0.05, 0) is 42.8 Å². The van der Waals surface area contributed by atoms with Crippen LogP contribution in [0.25, 0.3) is 0 Å². The van der Waals surface area contributed by atoms with Crippen molar-refractivity contribution in [3.63, 3.8) is 0 Å². The maximum atomic E-state index is 13.7. The van der Waals surface area contributed by atoms with E-state index in [1.807, 2.05) is 0 Å². The Labute approximate surface area is 170 Å². The number of thiophene rings is 1. The SMILES string of the molecule is CC(C)(C)OC(=O)NCC(Cn1ncn(Cc2sc(Br)cc2F)c1=O)=C(F)F. The molecule has 0 spiro atoms. The summed E-state index contributed by atoms with van der Waals surface area (Å²) in [5, 5.41) is 6.00. The standard InChI is InChI=1S/C16H18BrF3N4O3S/c1-16(2,3)27-14(25)21-5-9(13(19)20)6-24-15(26)23(8-22-24)7-11-10(18)4-12(17)28-11/h4,8H,5-7H2,1-3H3,(H,21,25). The molecular weight excluding hydrogens is 465 g/mol. The molecule has 0 saturated carbocycles. The molecule has 2 rings (SSSR count). The molecule has 2 aromatic heterocycles. The van der Waals surface area contributed by atoms with Crippen LogP contribution in [0.5, 0.6) is 0 Å². The van der Waals surface area contributed by atoms with Crippen molar-refractivity contribution in [3.8, 4) is 0 Å². The molecule has 1 N–H and O–H groups in total. The zero-order chi connectivity index (χ0) is 21.1. The zero-order valence-corrected chi connectivity index (χ0v) is 17.7. The van der Waals surface area contributed by atoms with E-state index in [1.54, 1.807) is 20.8 Å². The predicted octanol–water partition coefficient (Wildman–Crippen LogP) is 3.73. The van der Waals surface area contributed by atoms with Gasteiger partial charge in [-0.15, -0.1) is 11.3 Å². The lowest BCUT2D eigenvalue weighted by Crippen LogP contribution is -2.35.